The molecular weight excluding hydrogens is 361 g/mol. The van der Waals surface area contributed by atoms with Crippen molar-refractivity contribution in [1.29, 1.82) is 0 Å². The van der Waals surface area contributed by atoms with Gasteiger partial charge in [0.25, 0.3) is 0 Å². The molecule has 3 aromatic rings. The van der Waals surface area contributed by atoms with E-state index in [1.165, 1.54) is 12.4 Å². The molecule has 0 amide bonds. The number of hydrogen-bond acceptors (Lipinski definition) is 6. The van der Waals surface area contributed by atoms with Gasteiger partial charge in [-0.2, -0.15) is 0 Å². The molecule has 0 saturated carbocycles. The lowest BCUT2D eigenvalue weighted by molar-refractivity contribution is 0.0880. The van der Waals surface area contributed by atoms with Crippen LogP contribution in [0.1, 0.15) is 12.8 Å². The monoisotopic (exact) mass is 383 g/mol. The second-order valence-electron chi connectivity index (χ2n) is 7.69. The van der Waals surface area contributed by atoms with Crippen molar-refractivity contribution in [3.63, 3.8) is 0 Å². The highest BCUT2D eigenvalue weighted by atomic mass is 19.1. The Hall–Kier alpha value is -2.74. The van der Waals surface area contributed by atoms with Crippen molar-refractivity contribution in [2.24, 2.45) is 5.92 Å². The lowest BCUT2D eigenvalue weighted by Crippen LogP contribution is -2.57. The molecule has 8 heteroatoms. The first-order chi connectivity index (χ1) is 13.7. The Morgan fingerprint density at radius 3 is 2.79 bits per heavy atom. The maximum Gasteiger partial charge on any atom is 0.419 e. The average molecular weight is 383 g/mol. The molecular formula is C20H22FN5O2. The van der Waals surface area contributed by atoms with Crippen LogP contribution in [-0.2, 0) is 6.54 Å². The molecule has 2 unspecified atom stereocenters. The van der Waals surface area contributed by atoms with Gasteiger partial charge in [0.05, 0.1) is 17.9 Å². The molecule has 2 aliphatic heterocycles. The number of aromatic nitrogens is 3. The maximum atomic E-state index is 13.1. The summed E-state index contributed by atoms with van der Waals surface area (Å²) in [6, 6.07) is 8.03. The topological polar surface area (TPSA) is 67.4 Å². The number of fused-ring (bicyclic) bond motifs is 2. The molecule has 2 saturated heterocycles. The first-order valence-electron chi connectivity index (χ1n) is 9.72. The third-order valence-electron chi connectivity index (χ3n) is 5.91. The van der Waals surface area contributed by atoms with Crippen molar-refractivity contribution in [2.45, 2.75) is 25.4 Å². The zero-order valence-electron chi connectivity index (χ0n) is 15.5. The highest BCUT2D eigenvalue weighted by Gasteiger charge is 2.34. The van der Waals surface area contributed by atoms with Crippen LogP contribution in [-0.4, -0.2) is 51.7 Å². The Morgan fingerprint density at radius 1 is 1.11 bits per heavy atom. The number of para-hydroxylation sites is 2. The summed E-state index contributed by atoms with van der Waals surface area (Å²) in [4.78, 5) is 25.1. The molecule has 5 rings (SSSR count). The van der Waals surface area contributed by atoms with E-state index in [1.807, 2.05) is 24.3 Å². The average Bonchev–Trinajstić information content (AvgIpc) is 3.03. The quantitative estimate of drug-likeness (QED) is 0.690. The van der Waals surface area contributed by atoms with Crippen LogP contribution in [0.4, 0.5) is 10.3 Å². The van der Waals surface area contributed by atoms with Gasteiger partial charge in [-0.15, -0.1) is 0 Å². The fourth-order valence-electron chi connectivity index (χ4n) is 4.50. The minimum absolute atomic E-state index is 0.276. The van der Waals surface area contributed by atoms with Crippen molar-refractivity contribution in [3.05, 3.63) is 53.0 Å². The number of oxazole rings is 1. The van der Waals surface area contributed by atoms with E-state index in [4.69, 9.17) is 4.42 Å². The van der Waals surface area contributed by atoms with Gasteiger partial charge in [0.1, 0.15) is 0 Å². The van der Waals surface area contributed by atoms with E-state index in [9.17, 15) is 9.18 Å². The minimum Gasteiger partial charge on any atom is -0.408 e. The lowest BCUT2D eigenvalue weighted by Gasteiger charge is -2.46. The van der Waals surface area contributed by atoms with Gasteiger partial charge in [-0.1, -0.05) is 12.1 Å². The van der Waals surface area contributed by atoms with E-state index in [1.54, 1.807) is 4.57 Å². The number of benzene rings is 1. The van der Waals surface area contributed by atoms with Crippen molar-refractivity contribution in [2.75, 3.05) is 31.1 Å². The highest BCUT2D eigenvalue weighted by molar-refractivity contribution is 5.72. The van der Waals surface area contributed by atoms with E-state index >= 15 is 0 Å². The Kier molecular flexibility index (Phi) is 4.35. The molecule has 2 aliphatic rings. The van der Waals surface area contributed by atoms with Crippen LogP contribution in [0.5, 0.6) is 0 Å². The van der Waals surface area contributed by atoms with E-state index < -0.39 is 5.82 Å². The molecule has 0 aliphatic carbocycles. The van der Waals surface area contributed by atoms with Crippen LogP contribution in [0.25, 0.3) is 11.1 Å². The molecule has 0 radical (unpaired) electrons. The van der Waals surface area contributed by atoms with Gasteiger partial charge in [-0.3, -0.25) is 9.47 Å². The largest absolute Gasteiger partial charge is 0.419 e. The van der Waals surface area contributed by atoms with Crippen LogP contribution in [0.3, 0.4) is 0 Å². The van der Waals surface area contributed by atoms with Gasteiger partial charge < -0.3 is 9.32 Å². The second kappa shape index (κ2) is 7.01. The molecule has 2 atom stereocenters. The highest BCUT2D eigenvalue weighted by Crippen LogP contribution is 2.28. The first kappa shape index (κ1) is 17.4. The zero-order valence-corrected chi connectivity index (χ0v) is 15.5. The molecule has 0 spiro atoms. The number of piperazine rings is 1. The predicted octanol–water partition coefficient (Wildman–Crippen LogP) is 2.12. The van der Waals surface area contributed by atoms with Gasteiger partial charge in [0, 0.05) is 38.8 Å². The molecule has 4 heterocycles. The zero-order chi connectivity index (χ0) is 19.1. The van der Waals surface area contributed by atoms with Crippen LogP contribution in [0, 0.1) is 11.7 Å². The third kappa shape index (κ3) is 3.17. The Labute approximate surface area is 161 Å². The summed E-state index contributed by atoms with van der Waals surface area (Å²) >= 11 is 0. The van der Waals surface area contributed by atoms with Crippen LogP contribution < -0.4 is 10.7 Å². The third-order valence-corrected chi connectivity index (χ3v) is 5.91. The fourth-order valence-corrected chi connectivity index (χ4v) is 4.50. The number of halogens is 1. The smallest absolute Gasteiger partial charge is 0.408 e. The molecule has 0 bridgehead atoms. The van der Waals surface area contributed by atoms with E-state index in [2.05, 4.69) is 19.8 Å². The summed E-state index contributed by atoms with van der Waals surface area (Å²) in [6.45, 7) is 4.25. The Morgan fingerprint density at radius 2 is 1.93 bits per heavy atom. The second-order valence-corrected chi connectivity index (χ2v) is 7.69. The molecule has 0 N–H and O–H groups in total. The van der Waals surface area contributed by atoms with Gasteiger partial charge in [0.15, 0.2) is 11.4 Å². The number of anilines is 1. The minimum atomic E-state index is -0.412. The Balaban J connectivity index is 1.26. The summed E-state index contributed by atoms with van der Waals surface area (Å²) < 4.78 is 20.2. The molecule has 2 fully saturated rings. The lowest BCUT2D eigenvalue weighted by atomic mass is 9.91. The van der Waals surface area contributed by atoms with Crippen LogP contribution in [0.2, 0.25) is 0 Å². The normalized spacial score (nSPS) is 23.1. The van der Waals surface area contributed by atoms with Gasteiger partial charge >= 0.3 is 5.76 Å². The van der Waals surface area contributed by atoms with Gasteiger partial charge in [-0.05, 0) is 30.9 Å². The SMILES string of the molecule is O=c1oc2ccccc2n1CC1CCC2CN(c3ncc(F)cn3)CCN2C1. The molecule has 1 aromatic carbocycles. The molecule has 2 aromatic heterocycles. The van der Waals surface area contributed by atoms with Crippen molar-refractivity contribution in [1.82, 2.24) is 19.4 Å². The summed E-state index contributed by atoms with van der Waals surface area (Å²) in [7, 11) is 0. The Bertz CT molecular complexity index is 1030. The first-order valence-corrected chi connectivity index (χ1v) is 9.72. The number of piperidine rings is 1. The summed E-state index contributed by atoms with van der Waals surface area (Å²) in [5.41, 5.74) is 1.52. The van der Waals surface area contributed by atoms with E-state index in [-0.39, 0.29) is 5.76 Å². The van der Waals surface area contributed by atoms with Crippen molar-refractivity contribution < 1.29 is 8.81 Å². The number of nitrogens with zero attached hydrogens (tertiary/aromatic N) is 5. The van der Waals surface area contributed by atoms with E-state index in [0.717, 1.165) is 44.5 Å². The molecule has 146 valence electrons. The standard InChI is InChI=1S/C20H22FN5O2/c21-15-9-22-19(23-10-15)25-8-7-24-11-14(5-6-16(24)13-25)12-26-17-3-1-2-4-18(17)28-20(26)27/h1-4,9-10,14,16H,5-8,11-13H2. The number of rotatable bonds is 3. The number of hydrogen-bond donors (Lipinski definition) is 0. The summed E-state index contributed by atoms with van der Waals surface area (Å²) in [5, 5.41) is 0. The van der Waals surface area contributed by atoms with Crippen molar-refractivity contribution in [3.8, 4) is 0 Å². The summed E-state index contributed by atoms with van der Waals surface area (Å²) in [5.74, 6) is 0.328. The predicted molar refractivity (Wildman–Crippen MR) is 103 cm³/mol. The fraction of sp³-hybridized carbons (Fsp3) is 0.450. The molecule has 28 heavy (non-hydrogen) atoms. The van der Waals surface area contributed by atoms with Crippen molar-refractivity contribution >= 4 is 17.0 Å². The van der Waals surface area contributed by atoms with Gasteiger partial charge in [-0.25, -0.2) is 19.2 Å². The summed E-state index contributed by atoms with van der Waals surface area (Å²) in [6.07, 6.45) is 4.56. The maximum absolute atomic E-state index is 13.1. The molecule has 7 nitrogen and oxygen atoms in total. The van der Waals surface area contributed by atoms with Gasteiger partial charge in [0.2, 0.25) is 5.95 Å². The van der Waals surface area contributed by atoms with E-state index in [0.29, 0.717) is 30.0 Å². The van der Waals surface area contributed by atoms with Crippen LogP contribution >= 0.6 is 0 Å². The van der Waals surface area contributed by atoms with Crippen LogP contribution in [0.15, 0.2) is 45.9 Å².